The molecule has 0 radical (unpaired) electrons. The van der Waals surface area contributed by atoms with Gasteiger partial charge in [0.15, 0.2) is 0 Å². The van der Waals surface area contributed by atoms with E-state index in [9.17, 15) is 0 Å². The van der Waals surface area contributed by atoms with E-state index in [-0.39, 0.29) is 0 Å². The van der Waals surface area contributed by atoms with Gasteiger partial charge in [-0.3, -0.25) is 4.90 Å². The fraction of sp³-hybridized carbons (Fsp3) is 0.333. The molecule has 2 aliphatic heterocycles. The number of methoxy groups -OCH3 is 1. The van der Waals surface area contributed by atoms with Crippen LogP contribution in [0, 0.1) is 0 Å². The maximum Gasteiger partial charge on any atom is 0.119 e. The lowest BCUT2D eigenvalue weighted by atomic mass is 9.95. The normalized spacial score (nSPS) is 20.9. The van der Waals surface area contributed by atoms with Crippen LogP contribution >= 0.6 is 0 Å². The van der Waals surface area contributed by atoms with Crippen LogP contribution in [0.2, 0.25) is 0 Å². The molecule has 0 bridgehead atoms. The van der Waals surface area contributed by atoms with Crippen molar-refractivity contribution in [2.75, 3.05) is 13.7 Å². The molecule has 0 aliphatic carbocycles. The van der Waals surface area contributed by atoms with Crippen LogP contribution < -0.4 is 10.1 Å². The minimum absolute atomic E-state index is 0.427. The average Bonchev–Trinajstić information content (AvgIpc) is 2.97. The molecule has 3 nitrogen and oxygen atoms in total. The van der Waals surface area contributed by atoms with Crippen molar-refractivity contribution in [2.24, 2.45) is 0 Å². The quantitative estimate of drug-likeness (QED) is 0.915. The molecule has 1 N–H and O–H groups in total. The Kier molecular flexibility index (Phi) is 3.17. The SMILES string of the molecule is COc1ccc2c(c1)C(N1Cc3ccccc3C1)CNC2. The lowest BCUT2D eigenvalue weighted by Gasteiger charge is -2.33. The number of fused-ring (bicyclic) bond motifs is 2. The third kappa shape index (κ3) is 2.23. The summed E-state index contributed by atoms with van der Waals surface area (Å²) < 4.78 is 5.41. The average molecular weight is 280 g/mol. The second-order valence-electron chi connectivity index (χ2n) is 5.89. The number of rotatable bonds is 2. The van der Waals surface area contributed by atoms with E-state index in [0.29, 0.717) is 6.04 Å². The maximum absolute atomic E-state index is 5.41. The first-order chi connectivity index (χ1) is 10.3. The van der Waals surface area contributed by atoms with Crippen molar-refractivity contribution < 1.29 is 4.74 Å². The van der Waals surface area contributed by atoms with Gasteiger partial charge in [0.05, 0.1) is 7.11 Å². The molecule has 0 saturated carbocycles. The smallest absolute Gasteiger partial charge is 0.119 e. The van der Waals surface area contributed by atoms with Crippen LogP contribution in [-0.2, 0) is 19.6 Å². The van der Waals surface area contributed by atoms with Crippen LogP contribution in [0.15, 0.2) is 42.5 Å². The van der Waals surface area contributed by atoms with Crippen LogP contribution in [0.25, 0.3) is 0 Å². The van der Waals surface area contributed by atoms with Crippen molar-refractivity contribution in [1.82, 2.24) is 10.2 Å². The lowest BCUT2D eigenvalue weighted by Crippen LogP contribution is -2.37. The van der Waals surface area contributed by atoms with Gasteiger partial charge in [0, 0.05) is 32.2 Å². The van der Waals surface area contributed by atoms with Crippen molar-refractivity contribution in [3.63, 3.8) is 0 Å². The molecule has 0 saturated heterocycles. The molecule has 2 aromatic rings. The monoisotopic (exact) mass is 280 g/mol. The van der Waals surface area contributed by atoms with E-state index in [1.54, 1.807) is 7.11 Å². The number of ether oxygens (including phenoxy) is 1. The number of benzene rings is 2. The van der Waals surface area contributed by atoms with Crippen molar-refractivity contribution >= 4 is 0 Å². The Morgan fingerprint density at radius 1 is 1.05 bits per heavy atom. The van der Waals surface area contributed by atoms with Crippen LogP contribution in [0.4, 0.5) is 0 Å². The predicted molar refractivity (Wildman–Crippen MR) is 83.1 cm³/mol. The number of hydrogen-bond acceptors (Lipinski definition) is 3. The van der Waals surface area contributed by atoms with E-state index in [0.717, 1.165) is 31.9 Å². The van der Waals surface area contributed by atoms with Gasteiger partial charge < -0.3 is 10.1 Å². The number of nitrogens with zero attached hydrogens (tertiary/aromatic N) is 1. The minimum atomic E-state index is 0.427. The summed E-state index contributed by atoms with van der Waals surface area (Å²) >= 11 is 0. The molecule has 1 unspecified atom stereocenters. The molecule has 2 aliphatic rings. The molecule has 0 amide bonds. The van der Waals surface area contributed by atoms with E-state index in [1.807, 2.05) is 0 Å². The van der Waals surface area contributed by atoms with Crippen LogP contribution in [0.5, 0.6) is 5.75 Å². The number of hydrogen-bond donors (Lipinski definition) is 1. The first kappa shape index (κ1) is 12.9. The van der Waals surface area contributed by atoms with Gasteiger partial charge in [0.2, 0.25) is 0 Å². The molecule has 1 atom stereocenters. The molecule has 0 fully saturated rings. The Morgan fingerprint density at radius 2 is 1.81 bits per heavy atom. The zero-order valence-electron chi connectivity index (χ0n) is 12.3. The molecule has 2 heterocycles. The third-order valence-corrected chi connectivity index (χ3v) is 4.67. The third-order valence-electron chi connectivity index (χ3n) is 4.67. The number of nitrogens with one attached hydrogen (secondary N) is 1. The van der Waals surface area contributed by atoms with Gasteiger partial charge in [-0.05, 0) is 34.4 Å². The Morgan fingerprint density at radius 3 is 2.52 bits per heavy atom. The van der Waals surface area contributed by atoms with Gasteiger partial charge in [-0.2, -0.15) is 0 Å². The molecule has 4 rings (SSSR count). The molecular weight excluding hydrogens is 260 g/mol. The maximum atomic E-state index is 5.41. The molecule has 3 heteroatoms. The van der Waals surface area contributed by atoms with Gasteiger partial charge in [-0.15, -0.1) is 0 Å². The first-order valence-corrected chi connectivity index (χ1v) is 7.53. The molecule has 0 spiro atoms. The molecule has 0 aromatic heterocycles. The van der Waals surface area contributed by atoms with Crippen LogP contribution in [-0.4, -0.2) is 18.6 Å². The lowest BCUT2D eigenvalue weighted by molar-refractivity contribution is 0.187. The zero-order valence-corrected chi connectivity index (χ0v) is 12.3. The summed E-state index contributed by atoms with van der Waals surface area (Å²) in [4.78, 5) is 2.56. The van der Waals surface area contributed by atoms with Crippen LogP contribution in [0.3, 0.4) is 0 Å². The minimum Gasteiger partial charge on any atom is -0.497 e. The highest BCUT2D eigenvalue weighted by Crippen LogP contribution is 2.35. The largest absolute Gasteiger partial charge is 0.497 e. The summed E-state index contributed by atoms with van der Waals surface area (Å²) in [5.41, 5.74) is 5.74. The van der Waals surface area contributed by atoms with E-state index in [1.165, 1.54) is 22.3 Å². The highest BCUT2D eigenvalue weighted by Gasteiger charge is 2.30. The summed E-state index contributed by atoms with van der Waals surface area (Å²) in [5.74, 6) is 0.956. The second kappa shape index (κ2) is 5.17. The highest BCUT2D eigenvalue weighted by atomic mass is 16.5. The molecular formula is C18H20N2O. The van der Waals surface area contributed by atoms with Crippen molar-refractivity contribution in [1.29, 1.82) is 0 Å². The Hall–Kier alpha value is -1.84. The standard InChI is InChI=1S/C18H20N2O/c1-21-16-7-6-13-9-19-10-18(17(13)8-16)20-11-14-4-2-3-5-15(14)12-20/h2-8,18-19H,9-12H2,1H3. The molecule has 21 heavy (non-hydrogen) atoms. The van der Waals surface area contributed by atoms with Gasteiger partial charge in [0.1, 0.15) is 5.75 Å². The van der Waals surface area contributed by atoms with Crippen molar-refractivity contribution in [2.45, 2.75) is 25.7 Å². The van der Waals surface area contributed by atoms with Gasteiger partial charge in [0.25, 0.3) is 0 Å². The molecule has 108 valence electrons. The summed E-state index contributed by atoms with van der Waals surface area (Å²) in [5, 5.41) is 3.55. The fourth-order valence-electron chi connectivity index (χ4n) is 3.53. The van der Waals surface area contributed by atoms with Crippen LogP contribution in [0.1, 0.15) is 28.3 Å². The topological polar surface area (TPSA) is 24.5 Å². The van der Waals surface area contributed by atoms with E-state index < -0.39 is 0 Å². The first-order valence-electron chi connectivity index (χ1n) is 7.53. The van der Waals surface area contributed by atoms with Gasteiger partial charge in [-0.1, -0.05) is 30.3 Å². The van der Waals surface area contributed by atoms with Gasteiger partial charge >= 0.3 is 0 Å². The summed E-state index contributed by atoms with van der Waals surface area (Å²) in [6.07, 6.45) is 0. The fourth-order valence-corrected chi connectivity index (χ4v) is 3.53. The van der Waals surface area contributed by atoms with Crippen molar-refractivity contribution in [3.05, 3.63) is 64.7 Å². The summed E-state index contributed by atoms with van der Waals surface area (Å²) in [7, 11) is 1.74. The highest BCUT2D eigenvalue weighted by molar-refractivity contribution is 5.40. The van der Waals surface area contributed by atoms with E-state index in [4.69, 9.17) is 4.74 Å². The summed E-state index contributed by atoms with van der Waals surface area (Å²) in [6, 6.07) is 15.7. The summed E-state index contributed by atoms with van der Waals surface area (Å²) in [6.45, 7) is 4.04. The van der Waals surface area contributed by atoms with E-state index in [2.05, 4.69) is 52.7 Å². The zero-order chi connectivity index (χ0) is 14.2. The Labute approximate surface area is 125 Å². The van der Waals surface area contributed by atoms with E-state index >= 15 is 0 Å². The Bertz CT molecular complexity index is 643. The van der Waals surface area contributed by atoms with Crippen molar-refractivity contribution in [3.8, 4) is 5.75 Å². The Balaban J connectivity index is 1.66. The second-order valence-corrected chi connectivity index (χ2v) is 5.89. The van der Waals surface area contributed by atoms with Gasteiger partial charge in [-0.25, -0.2) is 0 Å². The predicted octanol–water partition coefficient (Wildman–Crippen LogP) is 2.86. The molecule has 2 aromatic carbocycles.